The van der Waals surface area contributed by atoms with Crippen LogP contribution in [0.2, 0.25) is 0 Å². The summed E-state index contributed by atoms with van der Waals surface area (Å²) in [4.78, 5) is 20.9. The molecule has 0 amide bonds. The SMILES string of the molecule is Cc1nccc(CNS(=O)(=O)c2c[nH]c(C(=O)O)c2)n1. The number of nitrogens with one attached hydrogen (secondary N) is 2. The van der Waals surface area contributed by atoms with E-state index in [9.17, 15) is 13.2 Å². The third-order valence-electron chi connectivity index (χ3n) is 2.47. The Kier molecular flexibility index (Phi) is 3.81. The average Bonchev–Trinajstić information content (AvgIpc) is 2.87. The summed E-state index contributed by atoms with van der Waals surface area (Å²) in [7, 11) is -3.79. The van der Waals surface area contributed by atoms with Crippen molar-refractivity contribution in [3.63, 3.8) is 0 Å². The summed E-state index contributed by atoms with van der Waals surface area (Å²) in [6.45, 7) is 1.70. The summed E-state index contributed by atoms with van der Waals surface area (Å²) >= 11 is 0. The van der Waals surface area contributed by atoms with Crippen molar-refractivity contribution in [3.8, 4) is 0 Å². The summed E-state index contributed by atoms with van der Waals surface area (Å²) in [6.07, 6.45) is 2.65. The van der Waals surface area contributed by atoms with Gasteiger partial charge in [0.2, 0.25) is 10.0 Å². The lowest BCUT2D eigenvalue weighted by atomic mass is 10.4. The molecule has 2 heterocycles. The van der Waals surface area contributed by atoms with Gasteiger partial charge >= 0.3 is 5.97 Å². The first-order valence-corrected chi connectivity index (χ1v) is 7.07. The van der Waals surface area contributed by atoms with Crippen LogP contribution >= 0.6 is 0 Å². The van der Waals surface area contributed by atoms with E-state index < -0.39 is 16.0 Å². The Morgan fingerprint density at radius 1 is 1.50 bits per heavy atom. The van der Waals surface area contributed by atoms with Crippen LogP contribution in [-0.2, 0) is 16.6 Å². The lowest BCUT2D eigenvalue weighted by Crippen LogP contribution is -2.23. The molecule has 9 heteroatoms. The van der Waals surface area contributed by atoms with Crippen LogP contribution in [0.1, 0.15) is 22.0 Å². The van der Waals surface area contributed by atoms with Crippen LogP contribution in [0.3, 0.4) is 0 Å². The molecule has 0 saturated heterocycles. The highest BCUT2D eigenvalue weighted by atomic mass is 32.2. The highest BCUT2D eigenvalue weighted by Crippen LogP contribution is 2.11. The first-order chi connectivity index (χ1) is 9.38. The van der Waals surface area contributed by atoms with Crippen LogP contribution in [0.4, 0.5) is 0 Å². The molecule has 0 aliphatic rings. The average molecular weight is 296 g/mol. The van der Waals surface area contributed by atoms with E-state index in [1.54, 1.807) is 13.0 Å². The molecular formula is C11H12N4O4S. The van der Waals surface area contributed by atoms with Crippen molar-refractivity contribution in [1.82, 2.24) is 19.7 Å². The van der Waals surface area contributed by atoms with Crippen LogP contribution in [0, 0.1) is 6.92 Å². The Labute approximate surface area is 114 Å². The zero-order valence-electron chi connectivity index (χ0n) is 10.5. The molecule has 106 valence electrons. The van der Waals surface area contributed by atoms with Gasteiger partial charge < -0.3 is 10.1 Å². The van der Waals surface area contributed by atoms with E-state index >= 15 is 0 Å². The molecule has 2 rings (SSSR count). The molecule has 0 aliphatic carbocycles. The molecular weight excluding hydrogens is 284 g/mol. The van der Waals surface area contributed by atoms with Gasteiger partial charge in [0, 0.05) is 12.4 Å². The number of aryl methyl sites for hydroxylation is 1. The minimum absolute atomic E-state index is 0.000716. The van der Waals surface area contributed by atoms with Crippen molar-refractivity contribution >= 4 is 16.0 Å². The maximum atomic E-state index is 12.0. The van der Waals surface area contributed by atoms with Gasteiger partial charge in [0.1, 0.15) is 16.4 Å². The molecule has 8 nitrogen and oxygen atoms in total. The minimum atomic E-state index is -3.79. The van der Waals surface area contributed by atoms with Gasteiger partial charge in [-0.1, -0.05) is 0 Å². The number of nitrogens with zero attached hydrogens (tertiary/aromatic N) is 2. The van der Waals surface area contributed by atoms with E-state index in [4.69, 9.17) is 5.11 Å². The Morgan fingerprint density at radius 2 is 2.25 bits per heavy atom. The van der Waals surface area contributed by atoms with Crippen molar-refractivity contribution in [2.24, 2.45) is 0 Å². The van der Waals surface area contributed by atoms with Crippen LogP contribution in [0.5, 0.6) is 0 Å². The van der Waals surface area contributed by atoms with Gasteiger partial charge in [0.05, 0.1) is 12.2 Å². The van der Waals surface area contributed by atoms with Crippen LogP contribution in [0.25, 0.3) is 0 Å². The number of carbonyl (C=O) groups is 1. The van der Waals surface area contributed by atoms with E-state index in [-0.39, 0.29) is 17.1 Å². The topological polar surface area (TPSA) is 125 Å². The lowest BCUT2D eigenvalue weighted by molar-refractivity contribution is 0.0691. The van der Waals surface area contributed by atoms with Crippen LogP contribution in [-0.4, -0.2) is 34.4 Å². The fraction of sp³-hybridized carbons (Fsp3) is 0.182. The Balaban J connectivity index is 2.12. The van der Waals surface area contributed by atoms with Gasteiger partial charge in [-0.2, -0.15) is 0 Å². The second kappa shape index (κ2) is 5.39. The van der Waals surface area contributed by atoms with Gasteiger partial charge in [-0.15, -0.1) is 0 Å². The molecule has 3 N–H and O–H groups in total. The molecule has 0 spiro atoms. The molecule has 2 aromatic rings. The van der Waals surface area contributed by atoms with Crippen molar-refractivity contribution in [1.29, 1.82) is 0 Å². The minimum Gasteiger partial charge on any atom is -0.477 e. The Hall–Kier alpha value is -2.26. The number of rotatable bonds is 5. The quantitative estimate of drug-likeness (QED) is 0.728. The van der Waals surface area contributed by atoms with E-state index in [0.29, 0.717) is 11.5 Å². The number of aromatic nitrogens is 3. The summed E-state index contributed by atoms with van der Waals surface area (Å²) in [5.74, 6) is -0.686. The normalized spacial score (nSPS) is 11.4. The smallest absolute Gasteiger partial charge is 0.352 e. The monoisotopic (exact) mass is 296 g/mol. The number of hydrogen-bond acceptors (Lipinski definition) is 5. The van der Waals surface area contributed by atoms with Crippen LogP contribution < -0.4 is 4.72 Å². The number of carboxylic acids is 1. The predicted molar refractivity (Wildman–Crippen MR) is 68.5 cm³/mol. The standard InChI is InChI=1S/C11H12N4O4S/c1-7-12-3-2-8(15-7)5-14-20(18,19)9-4-10(11(16)17)13-6-9/h2-4,6,13-14H,5H2,1H3,(H,16,17). The van der Waals surface area contributed by atoms with Gasteiger partial charge in [0.15, 0.2) is 0 Å². The number of hydrogen-bond donors (Lipinski definition) is 3. The Morgan fingerprint density at radius 3 is 2.85 bits per heavy atom. The molecule has 0 fully saturated rings. The highest BCUT2D eigenvalue weighted by Gasteiger charge is 2.18. The van der Waals surface area contributed by atoms with Crippen molar-refractivity contribution < 1.29 is 18.3 Å². The molecule has 0 aromatic carbocycles. The van der Waals surface area contributed by atoms with Crippen LogP contribution in [0.15, 0.2) is 29.4 Å². The zero-order valence-corrected chi connectivity index (χ0v) is 11.3. The summed E-state index contributed by atoms with van der Waals surface area (Å²) in [6, 6.07) is 2.64. The molecule has 0 aliphatic heterocycles. The molecule has 2 aromatic heterocycles. The number of H-pyrrole nitrogens is 1. The first kappa shape index (κ1) is 14.2. The number of carboxylic acid groups (broad SMARTS) is 1. The van der Waals surface area contributed by atoms with E-state index in [1.165, 1.54) is 6.20 Å². The maximum absolute atomic E-state index is 12.0. The summed E-state index contributed by atoms with van der Waals surface area (Å²) in [5, 5.41) is 8.74. The third-order valence-corrected chi connectivity index (χ3v) is 3.85. The molecule has 20 heavy (non-hydrogen) atoms. The van der Waals surface area contributed by atoms with Crippen molar-refractivity contribution in [2.75, 3.05) is 0 Å². The fourth-order valence-corrected chi connectivity index (χ4v) is 2.50. The molecule has 0 radical (unpaired) electrons. The number of aromatic carboxylic acids is 1. The molecule has 0 atom stereocenters. The first-order valence-electron chi connectivity index (χ1n) is 5.58. The molecule has 0 bridgehead atoms. The largest absolute Gasteiger partial charge is 0.477 e. The lowest BCUT2D eigenvalue weighted by Gasteiger charge is -2.04. The molecule has 0 unspecified atom stereocenters. The number of aromatic amines is 1. The second-order valence-corrected chi connectivity index (χ2v) is 5.74. The van der Waals surface area contributed by atoms with Gasteiger partial charge in [-0.05, 0) is 19.1 Å². The second-order valence-electron chi connectivity index (χ2n) is 3.97. The van der Waals surface area contributed by atoms with Gasteiger partial charge in [-0.25, -0.2) is 27.9 Å². The van der Waals surface area contributed by atoms with E-state index in [0.717, 1.165) is 12.3 Å². The maximum Gasteiger partial charge on any atom is 0.352 e. The van der Waals surface area contributed by atoms with Gasteiger partial charge in [-0.3, -0.25) is 0 Å². The number of sulfonamides is 1. The van der Waals surface area contributed by atoms with E-state index in [2.05, 4.69) is 19.7 Å². The van der Waals surface area contributed by atoms with Crippen molar-refractivity contribution in [2.45, 2.75) is 18.4 Å². The summed E-state index contributed by atoms with van der Waals surface area (Å²) in [5.41, 5.74) is 0.332. The van der Waals surface area contributed by atoms with Crippen molar-refractivity contribution in [3.05, 3.63) is 41.7 Å². The Bertz CT molecular complexity index is 738. The predicted octanol–water partition coefficient (Wildman–Crippen LogP) is 0.290. The third kappa shape index (κ3) is 3.19. The highest BCUT2D eigenvalue weighted by molar-refractivity contribution is 7.89. The fourth-order valence-electron chi connectivity index (χ4n) is 1.51. The van der Waals surface area contributed by atoms with Gasteiger partial charge in [0.25, 0.3) is 0 Å². The molecule has 0 saturated carbocycles. The van der Waals surface area contributed by atoms with E-state index in [1.807, 2.05) is 0 Å². The zero-order chi connectivity index (χ0) is 14.8. The summed E-state index contributed by atoms with van der Waals surface area (Å²) < 4.78 is 26.3.